The molecule has 0 atom stereocenters. The molecule has 0 fully saturated rings. The van der Waals surface area contributed by atoms with Crippen LogP contribution < -0.4 is 0 Å². The van der Waals surface area contributed by atoms with Crippen molar-refractivity contribution in [2.45, 2.75) is 45.6 Å². The van der Waals surface area contributed by atoms with E-state index in [-0.39, 0.29) is 5.41 Å². The van der Waals surface area contributed by atoms with E-state index in [4.69, 9.17) is 0 Å². The topological polar surface area (TPSA) is 20.2 Å². The summed E-state index contributed by atoms with van der Waals surface area (Å²) in [5.41, 5.74) is 1.47. The highest BCUT2D eigenvalue weighted by atomic mass is 16.3. The predicted molar refractivity (Wildman–Crippen MR) is 68.3 cm³/mol. The summed E-state index contributed by atoms with van der Waals surface area (Å²) in [4.78, 5) is 0. The van der Waals surface area contributed by atoms with E-state index in [2.05, 4.69) is 44.7 Å². The van der Waals surface area contributed by atoms with Crippen LogP contribution in [-0.2, 0) is 5.41 Å². The molecule has 1 nitrogen and oxygen atoms in total. The fraction of sp³-hybridized carbons (Fsp3) is 0.467. The van der Waals surface area contributed by atoms with Crippen LogP contribution in [0.15, 0.2) is 24.3 Å². The van der Waals surface area contributed by atoms with Crippen molar-refractivity contribution in [1.29, 1.82) is 0 Å². The van der Waals surface area contributed by atoms with Crippen LogP contribution in [0.1, 0.15) is 45.7 Å². The van der Waals surface area contributed by atoms with Gasteiger partial charge in [0.15, 0.2) is 0 Å². The molecular weight excluding hydrogens is 196 g/mol. The zero-order chi connectivity index (χ0) is 12.4. The Hall–Kier alpha value is -1.26. The largest absolute Gasteiger partial charge is 0.378 e. The maximum Gasteiger partial charge on any atom is 0.120 e. The summed E-state index contributed by atoms with van der Waals surface area (Å²) in [5.74, 6) is 5.77. The molecule has 0 aliphatic heterocycles. The summed E-state index contributed by atoms with van der Waals surface area (Å²) in [6.07, 6.45) is 0. The minimum atomic E-state index is -0.928. The summed E-state index contributed by atoms with van der Waals surface area (Å²) in [7, 11) is 0. The maximum absolute atomic E-state index is 9.49. The fourth-order valence-electron chi connectivity index (χ4n) is 1.28. The third kappa shape index (κ3) is 4.08. The van der Waals surface area contributed by atoms with E-state index in [1.165, 1.54) is 5.56 Å². The second-order valence-electron chi connectivity index (χ2n) is 5.64. The Bertz CT molecular complexity index is 402. The average Bonchev–Trinajstić information content (AvgIpc) is 2.13. The third-order valence-corrected chi connectivity index (χ3v) is 2.26. The van der Waals surface area contributed by atoms with Crippen LogP contribution in [0.2, 0.25) is 0 Å². The van der Waals surface area contributed by atoms with Gasteiger partial charge in [0, 0.05) is 5.56 Å². The predicted octanol–water partition coefficient (Wildman–Crippen LogP) is 3.11. The summed E-state index contributed by atoms with van der Waals surface area (Å²) >= 11 is 0. The second kappa shape index (κ2) is 4.31. The Morgan fingerprint density at radius 3 is 1.81 bits per heavy atom. The minimum Gasteiger partial charge on any atom is -0.378 e. The molecule has 0 heterocycles. The van der Waals surface area contributed by atoms with Gasteiger partial charge in [0.1, 0.15) is 5.60 Å². The molecule has 1 aromatic rings. The lowest BCUT2D eigenvalue weighted by Crippen LogP contribution is -2.14. The molecule has 0 saturated heterocycles. The van der Waals surface area contributed by atoms with Crippen LogP contribution in [0, 0.1) is 11.8 Å². The molecule has 0 unspecified atom stereocenters. The quantitative estimate of drug-likeness (QED) is 0.661. The first kappa shape index (κ1) is 12.8. The van der Waals surface area contributed by atoms with Gasteiger partial charge >= 0.3 is 0 Å². The molecule has 0 aliphatic rings. The maximum atomic E-state index is 9.49. The third-order valence-electron chi connectivity index (χ3n) is 2.26. The number of aliphatic hydroxyl groups is 1. The zero-order valence-electron chi connectivity index (χ0n) is 10.8. The molecular formula is C15H20O. The summed E-state index contributed by atoms with van der Waals surface area (Å²) in [6, 6.07) is 8.18. The smallest absolute Gasteiger partial charge is 0.120 e. The number of hydrogen-bond acceptors (Lipinski definition) is 1. The molecule has 0 aromatic heterocycles. The molecule has 0 saturated carbocycles. The van der Waals surface area contributed by atoms with Crippen molar-refractivity contribution in [3.63, 3.8) is 0 Å². The molecule has 16 heavy (non-hydrogen) atoms. The summed E-state index contributed by atoms with van der Waals surface area (Å²) in [6.45, 7) is 9.92. The van der Waals surface area contributed by atoms with Gasteiger partial charge in [-0.05, 0) is 37.0 Å². The Morgan fingerprint density at radius 2 is 1.44 bits per heavy atom. The lowest BCUT2D eigenvalue weighted by Gasteiger charge is -2.18. The van der Waals surface area contributed by atoms with Gasteiger partial charge in [-0.15, -0.1) is 0 Å². The highest BCUT2D eigenvalue weighted by molar-refractivity contribution is 5.39. The van der Waals surface area contributed by atoms with Crippen LogP contribution >= 0.6 is 0 Å². The van der Waals surface area contributed by atoms with E-state index in [1.807, 2.05) is 12.1 Å². The molecule has 1 N–H and O–H groups in total. The molecule has 1 heteroatoms. The van der Waals surface area contributed by atoms with E-state index in [9.17, 15) is 5.11 Å². The monoisotopic (exact) mass is 216 g/mol. The van der Waals surface area contributed by atoms with Crippen molar-refractivity contribution >= 4 is 0 Å². The molecule has 86 valence electrons. The summed E-state index contributed by atoms with van der Waals surface area (Å²) in [5, 5.41) is 9.49. The Kier molecular flexibility index (Phi) is 3.45. The Labute approximate surface area is 98.5 Å². The van der Waals surface area contributed by atoms with E-state index in [1.54, 1.807) is 13.8 Å². The van der Waals surface area contributed by atoms with Gasteiger partial charge in [-0.1, -0.05) is 44.7 Å². The van der Waals surface area contributed by atoms with Crippen LogP contribution in [0.4, 0.5) is 0 Å². The van der Waals surface area contributed by atoms with Gasteiger partial charge in [0.05, 0.1) is 0 Å². The van der Waals surface area contributed by atoms with Crippen LogP contribution in [0.25, 0.3) is 0 Å². The van der Waals surface area contributed by atoms with Gasteiger partial charge in [-0.25, -0.2) is 0 Å². The van der Waals surface area contributed by atoms with Gasteiger partial charge < -0.3 is 5.11 Å². The van der Waals surface area contributed by atoms with E-state index < -0.39 is 5.60 Å². The van der Waals surface area contributed by atoms with Crippen molar-refractivity contribution in [3.05, 3.63) is 35.4 Å². The molecule has 0 aliphatic carbocycles. The van der Waals surface area contributed by atoms with Crippen molar-refractivity contribution in [2.24, 2.45) is 0 Å². The van der Waals surface area contributed by atoms with E-state index in [0.717, 1.165) is 5.56 Å². The standard InChI is InChI=1S/C15H20O/c1-14(2,3)13-8-6-12(7-9-13)10-11-15(4,5)16/h6-9,16H,1-5H3. The lowest BCUT2D eigenvalue weighted by atomic mass is 9.87. The highest BCUT2D eigenvalue weighted by Crippen LogP contribution is 2.21. The van der Waals surface area contributed by atoms with Gasteiger partial charge in [-0.3, -0.25) is 0 Å². The zero-order valence-corrected chi connectivity index (χ0v) is 10.8. The van der Waals surface area contributed by atoms with E-state index in [0.29, 0.717) is 0 Å². The van der Waals surface area contributed by atoms with Crippen LogP contribution in [-0.4, -0.2) is 10.7 Å². The van der Waals surface area contributed by atoms with Gasteiger partial charge in [0.2, 0.25) is 0 Å². The van der Waals surface area contributed by atoms with Gasteiger partial charge in [-0.2, -0.15) is 0 Å². The second-order valence-corrected chi connectivity index (χ2v) is 5.64. The van der Waals surface area contributed by atoms with Crippen LogP contribution in [0.3, 0.4) is 0 Å². The van der Waals surface area contributed by atoms with E-state index >= 15 is 0 Å². The molecule has 0 spiro atoms. The number of rotatable bonds is 0. The molecule has 1 rings (SSSR count). The average molecular weight is 216 g/mol. The normalized spacial score (nSPS) is 11.9. The molecule has 1 aromatic carbocycles. The highest BCUT2D eigenvalue weighted by Gasteiger charge is 2.12. The van der Waals surface area contributed by atoms with Gasteiger partial charge in [0.25, 0.3) is 0 Å². The molecule has 0 bridgehead atoms. The van der Waals surface area contributed by atoms with Crippen molar-refractivity contribution < 1.29 is 5.11 Å². The molecule has 0 radical (unpaired) electrons. The first-order chi connectivity index (χ1) is 7.18. The van der Waals surface area contributed by atoms with Crippen LogP contribution in [0.5, 0.6) is 0 Å². The van der Waals surface area contributed by atoms with Crippen molar-refractivity contribution in [2.75, 3.05) is 0 Å². The number of benzene rings is 1. The van der Waals surface area contributed by atoms with Crippen molar-refractivity contribution in [1.82, 2.24) is 0 Å². The summed E-state index contributed by atoms with van der Waals surface area (Å²) < 4.78 is 0. The SMILES string of the molecule is CC(C)(O)C#Cc1ccc(C(C)(C)C)cc1. The molecule has 0 amide bonds. The fourth-order valence-corrected chi connectivity index (χ4v) is 1.28. The first-order valence-electron chi connectivity index (χ1n) is 5.54. The first-order valence-corrected chi connectivity index (χ1v) is 5.54. The number of hydrogen-bond donors (Lipinski definition) is 1. The lowest BCUT2D eigenvalue weighted by molar-refractivity contribution is 0.143. The van der Waals surface area contributed by atoms with Crippen molar-refractivity contribution in [3.8, 4) is 11.8 Å². The Balaban J connectivity index is 2.91. The Morgan fingerprint density at radius 1 is 0.938 bits per heavy atom. The minimum absolute atomic E-state index is 0.169.